The standard InChI is InChI=1S/C26H41N7O4Si/c1-26(2,3)22(30-25(35)36)17-7-9-18(10-8-17)29-24(34)19-14-32(16-37-11-12-38(4,5)6)23-21(19)33-15-28-31-20(33)13-27-23/h13-15,17-18,22,30H,7-12,16H2,1-6H3,(H,29,34)(H,35,36). The van der Waals surface area contributed by atoms with Crippen LogP contribution in [0.2, 0.25) is 25.7 Å². The number of carbonyl (C=O) groups is 2. The number of nitrogens with zero attached hydrogens (tertiary/aromatic N) is 5. The van der Waals surface area contributed by atoms with Gasteiger partial charge in [0.25, 0.3) is 5.91 Å². The topological polar surface area (TPSA) is 136 Å². The van der Waals surface area contributed by atoms with Gasteiger partial charge in [-0.05, 0) is 43.1 Å². The highest BCUT2D eigenvalue weighted by Gasteiger charge is 2.36. The molecule has 12 heteroatoms. The number of hydrogen-bond acceptors (Lipinski definition) is 6. The van der Waals surface area contributed by atoms with Crippen molar-refractivity contribution >= 4 is 36.9 Å². The number of ether oxygens (including phenoxy) is 1. The van der Waals surface area contributed by atoms with Gasteiger partial charge in [-0.2, -0.15) is 0 Å². The van der Waals surface area contributed by atoms with Crippen molar-refractivity contribution in [1.82, 2.24) is 34.8 Å². The molecule has 4 rings (SSSR count). The number of nitrogens with one attached hydrogen (secondary N) is 2. The third kappa shape index (κ3) is 6.52. The Morgan fingerprint density at radius 2 is 1.92 bits per heavy atom. The van der Waals surface area contributed by atoms with Crippen molar-refractivity contribution in [3.05, 3.63) is 24.3 Å². The van der Waals surface area contributed by atoms with Crippen LogP contribution in [0.1, 0.15) is 56.8 Å². The normalized spacial score (nSPS) is 19.5. The van der Waals surface area contributed by atoms with Crippen LogP contribution < -0.4 is 10.6 Å². The Labute approximate surface area is 224 Å². The summed E-state index contributed by atoms with van der Waals surface area (Å²) in [7, 11) is -1.21. The quantitative estimate of drug-likeness (QED) is 0.269. The van der Waals surface area contributed by atoms with Crippen LogP contribution in [0.5, 0.6) is 0 Å². The molecule has 1 aliphatic carbocycles. The zero-order valence-corrected chi connectivity index (χ0v) is 24.3. The zero-order chi connectivity index (χ0) is 27.7. The van der Waals surface area contributed by atoms with Gasteiger partial charge in [0.1, 0.15) is 18.6 Å². The second-order valence-electron chi connectivity index (χ2n) is 12.7. The predicted octanol–water partition coefficient (Wildman–Crippen LogP) is 4.36. The van der Waals surface area contributed by atoms with E-state index < -0.39 is 14.2 Å². The molecule has 11 nitrogen and oxygen atoms in total. The number of aromatic nitrogens is 5. The van der Waals surface area contributed by atoms with Gasteiger partial charge in [0.15, 0.2) is 11.3 Å². The Hall–Kier alpha value is -2.99. The number of carboxylic acid groups (broad SMARTS) is 1. The van der Waals surface area contributed by atoms with Crippen molar-refractivity contribution in [2.24, 2.45) is 11.3 Å². The molecule has 1 saturated carbocycles. The van der Waals surface area contributed by atoms with E-state index in [2.05, 4.69) is 66.2 Å². The highest BCUT2D eigenvalue weighted by atomic mass is 28.3. The average Bonchev–Trinajstić information content (AvgIpc) is 3.44. The van der Waals surface area contributed by atoms with Crippen LogP contribution in [0.3, 0.4) is 0 Å². The molecule has 2 amide bonds. The molecule has 0 aliphatic heterocycles. The third-order valence-corrected chi connectivity index (χ3v) is 9.11. The molecule has 0 bridgehead atoms. The summed E-state index contributed by atoms with van der Waals surface area (Å²) in [6.45, 7) is 14.1. The van der Waals surface area contributed by atoms with Gasteiger partial charge in [-0.1, -0.05) is 40.4 Å². The minimum atomic E-state index is -1.21. The third-order valence-electron chi connectivity index (χ3n) is 7.40. The highest BCUT2D eigenvalue weighted by molar-refractivity contribution is 6.76. The molecule has 1 aliphatic rings. The summed E-state index contributed by atoms with van der Waals surface area (Å²) in [5.41, 5.74) is 2.20. The van der Waals surface area contributed by atoms with E-state index in [0.29, 0.717) is 35.7 Å². The first-order valence-electron chi connectivity index (χ1n) is 13.4. The number of amides is 2. The Morgan fingerprint density at radius 1 is 1.21 bits per heavy atom. The summed E-state index contributed by atoms with van der Waals surface area (Å²) in [6.07, 6.45) is 7.34. The molecule has 0 saturated heterocycles. The Morgan fingerprint density at radius 3 is 2.55 bits per heavy atom. The van der Waals surface area contributed by atoms with Gasteiger partial charge in [-0.15, -0.1) is 10.2 Å². The summed E-state index contributed by atoms with van der Waals surface area (Å²) in [5, 5.41) is 23.4. The van der Waals surface area contributed by atoms with Crippen LogP contribution in [-0.4, -0.2) is 68.0 Å². The molecule has 3 heterocycles. The highest BCUT2D eigenvalue weighted by Crippen LogP contribution is 2.35. The van der Waals surface area contributed by atoms with E-state index >= 15 is 0 Å². The Bertz CT molecular complexity index is 1280. The maximum absolute atomic E-state index is 13.6. The first-order valence-corrected chi connectivity index (χ1v) is 17.1. The Kier molecular flexibility index (Phi) is 8.12. The number of carbonyl (C=O) groups excluding carboxylic acids is 1. The Balaban J connectivity index is 1.48. The SMILES string of the molecule is CC(C)(C)C(NC(=O)O)C1CCC(NC(=O)c2cn(COCC[Si](C)(C)C)c3ncc4nncn4c23)CC1. The monoisotopic (exact) mass is 543 g/mol. The molecule has 1 fully saturated rings. The molecule has 0 spiro atoms. The molecule has 38 heavy (non-hydrogen) atoms. The van der Waals surface area contributed by atoms with Gasteiger partial charge in [-0.25, -0.2) is 9.78 Å². The summed E-state index contributed by atoms with van der Waals surface area (Å²) in [5.74, 6) is 0.0636. The fourth-order valence-electron chi connectivity index (χ4n) is 5.37. The van der Waals surface area contributed by atoms with Crippen LogP contribution in [0.25, 0.3) is 16.8 Å². The molecule has 3 N–H and O–H groups in total. The van der Waals surface area contributed by atoms with E-state index in [1.165, 1.54) is 0 Å². The van der Waals surface area contributed by atoms with E-state index in [-0.39, 0.29) is 29.3 Å². The zero-order valence-electron chi connectivity index (χ0n) is 23.3. The molecule has 1 atom stereocenters. The lowest BCUT2D eigenvalue weighted by atomic mass is 9.72. The van der Waals surface area contributed by atoms with Gasteiger partial charge < -0.3 is 25.0 Å². The van der Waals surface area contributed by atoms with Crippen LogP contribution in [0.15, 0.2) is 18.7 Å². The first-order chi connectivity index (χ1) is 17.8. The minimum absolute atomic E-state index is 0.0173. The van der Waals surface area contributed by atoms with Gasteiger partial charge in [0.2, 0.25) is 0 Å². The van der Waals surface area contributed by atoms with E-state index in [9.17, 15) is 14.7 Å². The van der Waals surface area contributed by atoms with Crippen molar-refractivity contribution < 1.29 is 19.4 Å². The van der Waals surface area contributed by atoms with Crippen LogP contribution >= 0.6 is 0 Å². The lowest BCUT2D eigenvalue weighted by Crippen LogP contribution is -2.50. The van der Waals surface area contributed by atoms with Crippen LogP contribution in [0, 0.1) is 11.3 Å². The molecular weight excluding hydrogens is 502 g/mol. The van der Waals surface area contributed by atoms with Crippen LogP contribution in [0.4, 0.5) is 4.79 Å². The number of hydrogen-bond donors (Lipinski definition) is 3. The number of rotatable bonds is 9. The lowest BCUT2D eigenvalue weighted by molar-refractivity contribution is 0.0881. The lowest BCUT2D eigenvalue weighted by Gasteiger charge is -2.40. The molecule has 1 unspecified atom stereocenters. The van der Waals surface area contributed by atoms with E-state index in [0.717, 1.165) is 31.7 Å². The predicted molar refractivity (Wildman–Crippen MR) is 148 cm³/mol. The molecule has 3 aromatic rings. The number of fused-ring (bicyclic) bond motifs is 3. The van der Waals surface area contributed by atoms with Crippen LogP contribution in [-0.2, 0) is 11.5 Å². The summed E-state index contributed by atoms with van der Waals surface area (Å²) in [6, 6.07) is 0.941. The van der Waals surface area contributed by atoms with E-state index in [4.69, 9.17) is 4.74 Å². The minimum Gasteiger partial charge on any atom is -0.465 e. The van der Waals surface area contributed by atoms with Gasteiger partial charge in [0, 0.05) is 33.0 Å². The van der Waals surface area contributed by atoms with Crippen molar-refractivity contribution in [3.63, 3.8) is 0 Å². The van der Waals surface area contributed by atoms with E-state index in [1.807, 2.05) is 4.57 Å². The first kappa shape index (κ1) is 28.0. The maximum Gasteiger partial charge on any atom is 0.404 e. The van der Waals surface area contributed by atoms with Crippen molar-refractivity contribution in [3.8, 4) is 0 Å². The fourth-order valence-corrected chi connectivity index (χ4v) is 6.13. The van der Waals surface area contributed by atoms with Crippen molar-refractivity contribution in [1.29, 1.82) is 0 Å². The summed E-state index contributed by atoms with van der Waals surface area (Å²) < 4.78 is 9.63. The molecular formula is C26H41N7O4Si. The van der Waals surface area contributed by atoms with Crippen molar-refractivity contribution in [2.45, 2.75) is 91.0 Å². The van der Waals surface area contributed by atoms with Gasteiger partial charge in [0.05, 0.1) is 11.8 Å². The second-order valence-corrected chi connectivity index (χ2v) is 18.3. The summed E-state index contributed by atoms with van der Waals surface area (Å²) in [4.78, 5) is 29.5. The maximum atomic E-state index is 13.6. The molecule has 3 aromatic heterocycles. The van der Waals surface area contributed by atoms with Gasteiger partial charge >= 0.3 is 6.09 Å². The smallest absolute Gasteiger partial charge is 0.404 e. The van der Waals surface area contributed by atoms with Gasteiger partial charge in [-0.3, -0.25) is 9.20 Å². The average molecular weight is 544 g/mol. The van der Waals surface area contributed by atoms with Crippen molar-refractivity contribution in [2.75, 3.05) is 6.61 Å². The second kappa shape index (κ2) is 11.0. The molecule has 208 valence electrons. The van der Waals surface area contributed by atoms with E-state index in [1.54, 1.807) is 23.1 Å². The summed E-state index contributed by atoms with van der Waals surface area (Å²) >= 11 is 0. The largest absolute Gasteiger partial charge is 0.465 e. The fraction of sp³-hybridized carbons (Fsp3) is 0.654. The molecule has 0 radical (unpaired) electrons. The molecule has 0 aromatic carbocycles.